The van der Waals surface area contributed by atoms with E-state index in [9.17, 15) is 0 Å². The lowest BCUT2D eigenvalue weighted by molar-refractivity contribution is 0.00578. The Morgan fingerprint density at radius 2 is 1.47 bits per heavy atom. The fraction of sp³-hybridized carbons (Fsp3) is 0.357. The van der Waals surface area contributed by atoms with E-state index in [0.717, 1.165) is 51.9 Å². The van der Waals surface area contributed by atoms with Crippen molar-refractivity contribution in [1.82, 2.24) is 4.57 Å². The summed E-state index contributed by atoms with van der Waals surface area (Å²) in [6.45, 7) is 11.3. The Balaban J connectivity index is 1.59. The van der Waals surface area contributed by atoms with Crippen molar-refractivity contribution in [2.45, 2.75) is 58.7 Å². The Hall–Kier alpha value is -2.28. The van der Waals surface area contributed by atoms with E-state index in [1.165, 1.54) is 10.8 Å². The normalized spacial score (nSPS) is 17.1. The SMILES string of the molecule is CCCCOc1ccc(-n2c3ccc(Br)cc3c3cc(B4OC(C)(C)C(C)(C)O4)ccc32)cc1. The van der Waals surface area contributed by atoms with Crippen LogP contribution in [-0.4, -0.2) is 29.5 Å². The third kappa shape index (κ3) is 4.06. The molecule has 1 aromatic heterocycles. The van der Waals surface area contributed by atoms with Gasteiger partial charge in [-0.25, -0.2) is 0 Å². The van der Waals surface area contributed by atoms with Crippen molar-refractivity contribution < 1.29 is 14.0 Å². The minimum atomic E-state index is -0.389. The number of aromatic nitrogens is 1. The van der Waals surface area contributed by atoms with Crippen LogP contribution in [-0.2, 0) is 9.31 Å². The fourth-order valence-corrected chi connectivity index (χ4v) is 4.80. The number of benzene rings is 3. The monoisotopic (exact) mass is 519 g/mol. The molecule has 0 N–H and O–H groups in total. The summed E-state index contributed by atoms with van der Waals surface area (Å²) in [7, 11) is -0.389. The van der Waals surface area contributed by atoms with Gasteiger partial charge in [-0.2, -0.15) is 0 Å². The predicted molar refractivity (Wildman–Crippen MR) is 145 cm³/mol. The van der Waals surface area contributed by atoms with Crippen LogP contribution in [0, 0.1) is 0 Å². The van der Waals surface area contributed by atoms with Gasteiger partial charge in [0.05, 0.1) is 28.8 Å². The minimum absolute atomic E-state index is 0.370. The van der Waals surface area contributed by atoms with Gasteiger partial charge in [0.25, 0.3) is 0 Å². The summed E-state index contributed by atoms with van der Waals surface area (Å²) in [5.41, 5.74) is 3.70. The number of fused-ring (bicyclic) bond motifs is 3. The van der Waals surface area contributed by atoms with Gasteiger partial charge in [0.2, 0.25) is 0 Å². The highest BCUT2D eigenvalue weighted by Gasteiger charge is 2.51. The molecule has 0 radical (unpaired) electrons. The van der Waals surface area contributed by atoms with Crippen molar-refractivity contribution in [2.24, 2.45) is 0 Å². The first-order valence-electron chi connectivity index (χ1n) is 12.0. The number of nitrogens with zero attached hydrogens (tertiary/aromatic N) is 1. The van der Waals surface area contributed by atoms with Crippen LogP contribution in [0.3, 0.4) is 0 Å². The lowest BCUT2D eigenvalue weighted by Crippen LogP contribution is -2.41. The van der Waals surface area contributed by atoms with Crippen LogP contribution in [0.2, 0.25) is 0 Å². The maximum absolute atomic E-state index is 6.33. The number of ether oxygens (including phenoxy) is 1. The van der Waals surface area contributed by atoms with Gasteiger partial charge in [-0.15, -0.1) is 0 Å². The van der Waals surface area contributed by atoms with Crippen LogP contribution in [0.4, 0.5) is 0 Å². The number of halogens is 1. The number of hydrogen-bond acceptors (Lipinski definition) is 3. The first kappa shape index (κ1) is 23.5. The molecule has 0 atom stereocenters. The Kier molecular flexibility index (Phi) is 6.03. The molecule has 0 aliphatic carbocycles. The molecule has 1 aliphatic heterocycles. The third-order valence-electron chi connectivity index (χ3n) is 7.14. The van der Waals surface area contributed by atoms with Crippen molar-refractivity contribution in [2.75, 3.05) is 6.61 Å². The number of rotatable bonds is 6. The second-order valence-electron chi connectivity index (χ2n) is 10.1. The van der Waals surface area contributed by atoms with Gasteiger partial charge < -0.3 is 18.6 Å². The van der Waals surface area contributed by atoms with E-state index in [0.29, 0.717) is 0 Å². The van der Waals surface area contributed by atoms with Gasteiger partial charge in [0.15, 0.2) is 0 Å². The topological polar surface area (TPSA) is 32.6 Å². The molecule has 1 fully saturated rings. The minimum Gasteiger partial charge on any atom is -0.494 e. The van der Waals surface area contributed by atoms with Gasteiger partial charge in [0.1, 0.15) is 5.75 Å². The largest absolute Gasteiger partial charge is 0.494 e. The lowest BCUT2D eigenvalue weighted by Gasteiger charge is -2.32. The molecule has 1 saturated heterocycles. The van der Waals surface area contributed by atoms with Crippen molar-refractivity contribution >= 4 is 50.3 Å². The van der Waals surface area contributed by atoms with E-state index in [-0.39, 0.29) is 18.3 Å². The van der Waals surface area contributed by atoms with E-state index in [1.54, 1.807) is 0 Å². The molecule has 176 valence electrons. The quantitative estimate of drug-likeness (QED) is 0.202. The third-order valence-corrected chi connectivity index (χ3v) is 7.63. The molecule has 2 heterocycles. The molecular formula is C28H31BBrNO3. The molecule has 1 aliphatic rings. The van der Waals surface area contributed by atoms with Gasteiger partial charge in [-0.3, -0.25) is 0 Å². The molecule has 0 spiro atoms. The highest BCUT2D eigenvalue weighted by atomic mass is 79.9. The summed E-state index contributed by atoms with van der Waals surface area (Å²) in [6, 6.07) is 21.3. The lowest BCUT2D eigenvalue weighted by atomic mass is 9.78. The molecule has 5 rings (SSSR count). The Morgan fingerprint density at radius 1 is 0.853 bits per heavy atom. The smallest absolute Gasteiger partial charge is 0.494 e. The van der Waals surface area contributed by atoms with Crippen LogP contribution in [0.25, 0.3) is 27.5 Å². The average Bonchev–Trinajstić information content (AvgIpc) is 3.23. The second-order valence-corrected chi connectivity index (χ2v) is 11.0. The summed E-state index contributed by atoms with van der Waals surface area (Å²) < 4.78 is 21.9. The van der Waals surface area contributed by atoms with Gasteiger partial charge in [-0.05, 0) is 88.1 Å². The molecule has 0 bridgehead atoms. The van der Waals surface area contributed by atoms with Gasteiger partial charge in [-0.1, -0.05) is 41.4 Å². The van der Waals surface area contributed by atoms with Crippen LogP contribution in [0.1, 0.15) is 47.5 Å². The summed E-state index contributed by atoms with van der Waals surface area (Å²) in [5, 5.41) is 2.36. The summed E-state index contributed by atoms with van der Waals surface area (Å²) in [4.78, 5) is 0. The van der Waals surface area contributed by atoms with Crippen LogP contribution < -0.4 is 10.2 Å². The highest BCUT2D eigenvalue weighted by molar-refractivity contribution is 9.10. The molecular weight excluding hydrogens is 489 g/mol. The summed E-state index contributed by atoms with van der Waals surface area (Å²) in [6.07, 6.45) is 2.19. The molecule has 4 nitrogen and oxygen atoms in total. The Bertz CT molecular complexity index is 1330. The molecule has 0 saturated carbocycles. The van der Waals surface area contributed by atoms with Crippen molar-refractivity contribution in [3.63, 3.8) is 0 Å². The van der Waals surface area contributed by atoms with Gasteiger partial charge >= 0.3 is 7.12 Å². The maximum atomic E-state index is 6.33. The zero-order valence-electron chi connectivity index (χ0n) is 20.5. The number of hydrogen-bond donors (Lipinski definition) is 0. The van der Waals surface area contributed by atoms with E-state index >= 15 is 0 Å². The van der Waals surface area contributed by atoms with E-state index in [2.05, 4.69) is 116 Å². The van der Waals surface area contributed by atoms with Crippen molar-refractivity contribution in [3.05, 3.63) is 65.1 Å². The van der Waals surface area contributed by atoms with Crippen LogP contribution >= 0.6 is 15.9 Å². The van der Waals surface area contributed by atoms with E-state index < -0.39 is 0 Å². The molecule has 6 heteroatoms. The zero-order valence-corrected chi connectivity index (χ0v) is 22.1. The molecule has 3 aromatic carbocycles. The van der Waals surface area contributed by atoms with E-state index in [4.69, 9.17) is 14.0 Å². The molecule has 0 unspecified atom stereocenters. The Labute approximate surface area is 210 Å². The Morgan fingerprint density at radius 3 is 2.12 bits per heavy atom. The molecule has 34 heavy (non-hydrogen) atoms. The van der Waals surface area contributed by atoms with Gasteiger partial charge in [0, 0.05) is 20.9 Å². The highest BCUT2D eigenvalue weighted by Crippen LogP contribution is 2.38. The van der Waals surface area contributed by atoms with Crippen molar-refractivity contribution in [3.8, 4) is 11.4 Å². The second kappa shape index (κ2) is 8.74. The average molecular weight is 520 g/mol. The zero-order chi connectivity index (χ0) is 24.1. The summed E-state index contributed by atoms with van der Waals surface area (Å²) in [5.74, 6) is 0.906. The van der Waals surface area contributed by atoms with E-state index in [1.807, 2.05) is 0 Å². The molecule has 0 amide bonds. The standard InChI is InChI=1S/C28H31BBrNO3/c1-6-7-16-32-22-12-10-21(11-13-22)31-25-14-8-19(29-33-27(2,3)28(4,5)34-29)17-23(25)24-18-20(30)9-15-26(24)31/h8-15,17-18H,6-7,16H2,1-5H3. The first-order valence-corrected chi connectivity index (χ1v) is 12.8. The van der Waals surface area contributed by atoms with Crippen molar-refractivity contribution in [1.29, 1.82) is 0 Å². The number of unbranched alkanes of at least 4 members (excludes halogenated alkanes) is 1. The van der Waals surface area contributed by atoms with Crippen LogP contribution in [0.15, 0.2) is 65.1 Å². The summed E-state index contributed by atoms with van der Waals surface area (Å²) >= 11 is 3.66. The maximum Gasteiger partial charge on any atom is 0.494 e. The molecule has 4 aromatic rings. The van der Waals surface area contributed by atoms with Crippen LogP contribution in [0.5, 0.6) is 5.75 Å². The first-order chi connectivity index (χ1) is 16.2. The fourth-order valence-electron chi connectivity index (χ4n) is 4.44. The predicted octanol–water partition coefficient (Wildman–Crippen LogP) is 7.02.